The molecule has 0 saturated heterocycles. The van der Waals surface area contributed by atoms with Gasteiger partial charge in [0.15, 0.2) is 0 Å². The van der Waals surface area contributed by atoms with Crippen molar-refractivity contribution in [3.8, 4) is 17.1 Å². The molecule has 6 heteroatoms. The van der Waals surface area contributed by atoms with Crippen LogP contribution in [0.5, 0.6) is 5.75 Å². The minimum Gasteiger partial charge on any atom is -0.507 e. The fourth-order valence-electron chi connectivity index (χ4n) is 11.1. The van der Waals surface area contributed by atoms with Gasteiger partial charge in [0.1, 0.15) is 5.75 Å². The highest BCUT2D eigenvalue weighted by atomic mass is 16.3. The number of phenols is 1. The van der Waals surface area contributed by atoms with Gasteiger partial charge in [0.2, 0.25) is 12.7 Å². The van der Waals surface area contributed by atoms with E-state index in [1.807, 2.05) is 0 Å². The molecule has 0 aliphatic heterocycles. The van der Waals surface area contributed by atoms with Gasteiger partial charge in [-0.2, -0.15) is 0 Å². The molecule has 0 amide bonds. The highest BCUT2D eigenvalue weighted by Gasteiger charge is 2.52. The first kappa shape index (κ1) is 34.9. The van der Waals surface area contributed by atoms with Gasteiger partial charge in [-0.3, -0.25) is 4.90 Å². The van der Waals surface area contributed by atoms with Crippen LogP contribution in [-0.4, -0.2) is 32.2 Å². The number of rotatable bonds is 11. The Morgan fingerprint density at radius 3 is 1.52 bits per heavy atom. The molecule has 4 bridgehead atoms. The van der Waals surface area contributed by atoms with Crippen LogP contribution >= 0.6 is 0 Å². The molecule has 4 saturated carbocycles. The van der Waals surface area contributed by atoms with Crippen LogP contribution in [0.15, 0.2) is 61.2 Å². The summed E-state index contributed by atoms with van der Waals surface area (Å²) in [5.41, 5.74) is 13.8. The van der Waals surface area contributed by atoms with E-state index in [9.17, 15) is 5.11 Å². The van der Waals surface area contributed by atoms with E-state index in [0.717, 1.165) is 49.5 Å². The predicted molar refractivity (Wildman–Crippen MR) is 206 cm³/mol. The Hall–Kier alpha value is -4.16. The lowest BCUT2D eigenvalue weighted by molar-refractivity contribution is -0.704. The summed E-state index contributed by atoms with van der Waals surface area (Å²) >= 11 is 0. The Balaban J connectivity index is 1.05. The van der Waals surface area contributed by atoms with Gasteiger partial charge < -0.3 is 23.4 Å². The first-order valence-corrected chi connectivity index (χ1v) is 19.6. The van der Waals surface area contributed by atoms with Crippen molar-refractivity contribution in [1.82, 2.24) is 14.0 Å². The summed E-state index contributed by atoms with van der Waals surface area (Å²) in [5.74, 6) is 3.08. The maximum atomic E-state index is 12.1. The van der Waals surface area contributed by atoms with Crippen LogP contribution in [-0.2, 0) is 25.0 Å². The second-order valence-electron chi connectivity index (χ2n) is 17.2. The third kappa shape index (κ3) is 6.75. The van der Waals surface area contributed by atoms with Crippen molar-refractivity contribution in [2.75, 3.05) is 13.1 Å². The van der Waals surface area contributed by atoms with E-state index in [4.69, 9.17) is 0 Å². The molecule has 0 unspecified atom stereocenters. The van der Waals surface area contributed by atoms with Crippen LogP contribution in [0.25, 0.3) is 11.4 Å². The molecule has 0 spiro atoms. The van der Waals surface area contributed by atoms with Gasteiger partial charge in [-0.1, -0.05) is 53.1 Å². The molecule has 3 aromatic carbocycles. The highest BCUT2D eigenvalue weighted by Crippen LogP contribution is 2.62. The van der Waals surface area contributed by atoms with Crippen LogP contribution in [0.3, 0.4) is 0 Å². The summed E-state index contributed by atoms with van der Waals surface area (Å²) in [4.78, 5) is 2.51. The second kappa shape index (κ2) is 13.7. The summed E-state index contributed by atoms with van der Waals surface area (Å²) < 4.78 is 8.64. The molecule has 52 heavy (non-hydrogen) atoms. The molecule has 4 fully saturated rings. The van der Waals surface area contributed by atoms with E-state index in [-0.39, 0.29) is 5.41 Å². The molecule has 272 valence electrons. The quantitative estimate of drug-likeness (QED) is 0.113. The average molecular weight is 696 g/mol. The SMILES string of the molecule is Cc1cc(C)c(-n2[c-][n+](CCN(CC[n+]3[c-]n(-c4c(C)cc(C)cc4C)cc3)Cc3cc(C)cc(C45CC6CC(CC(C6)C4)C5)c3O)cc2)c(C)c1. The zero-order valence-corrected chi connectivity index (χ0v) is 32.5. The third-order valence-corrected chi connectivity index (χ3v) is 12.7. The zero-order valence-electron chi connectivity index (χ0n) is 32.5. The van der Waals surface area contributed by atoms with Crippen molar-refractivity contribution in [2.24, 2.45) is 17.8 Å². The summed E-state index contributed by atoms with van der Waals surface area (Å²) in [7, 11) is 0. The van der Waals surface area contributed by atoms with E-state index < -0.39 is 0 Å². The maximum Gasteiger partial charge on any atom is 0.243 e. The van der Waals surface area contributed by atoms with Gasteiger partial charge in [-0.15, -0.1) is 0 Å². The number of aromatic hydroxyl groups is 1. The minimum atomic E-state index is 0.157. The van der Waals surface area contributed by atoms with Crippen LogP contribution in [0, 0.1) is 78.9 Å². The Labute approximate surface area is 311 Å². The van der Waals surface area contributed by atoms with E-state index in [1.54, 1.807) is 0 Å². The molecule has 9 rings (SSSR count). The van der Waals surface area contributed by atoms with Crippen molar-refractivity contribution >= 4 is 0 Å². The predicted octanol–water partition coefficient (Wildman–Crippen LogP) is 7.98. The number of nitrogens with zero attached hydrogens (tertiary/aromatic N) is 5. The Morgan fingerprint density at radius 1 is 0.654 bits per heavy atom. The summed E-state index contributed by atoms with van der Waals surface area (Å²) in [6.07, 6.45) is 23.7. The Bertz CT molecular complexity index is 1940. The van der Waals surface area contributed by atoms with E-state index in [0.29, 0.717) is 12.3 Å². The molecule has 4 aliphatic rings. The monoisotopic (exact) mass is 695 g/mol. The van der Waals surface area contributed by atoms with E-state index in [2.05, 4.69) is 145 Å². The number of hydrogen-bond donors (Lipinski definition) is 1. The van der Waals surface area contributed by atoms with Gasteiger partial charge in [-0.25, -0.2) is 0 Å². The van der Waals surface area contributed by atoms with E-state index in [1.165, 1.54) is 94.4 Å². The van der Waals surface area contributed by atoms with Crippen LogP contribution in [0.1, 0.15) is 88.6 Å². The molecule has 6 nitrogen and oxygen atoms in total. The smallest absolute Gasteiger partial charge is 0.243 e. The maximum absolute atomic E-state index is 12.1. The number of aryl methyl sites for hydroxylation is 7. The highest BCUT2D eigenvalue weighted by molar-refractivity contribution is 5.50. The molecule has 1 N–H and O–H groups in total. The number of phenolic OH excluding ortho intramolecular Hbond substituents is 1. The molecule has 0 radical (unpaired) electrons. The molecular weight excluding hydrogens is 639 g/mol. The second-order valence-corrected chi connectivity index (χ2v) is 17.2. The number of hydrogen-bond acceptors (Lipinski definition) is 2. The fraction of sp³-hybridized carbons (Fsp3) is 0.478. The number of imidazole rings is 2. The molecule has 2 heterocycles. The molecule has 0 atom stereocenters. The lowest BCUT2D eigenvalue weighted by Gasteiger charge is -2.57. The normalized spacial score (nSPS) is 22.2. The fourth-order valence-corrected chi connectivity index (χ4v) is 11.1. The van der Waals surface area contributed by atoms with Gasteiger partial charge in [0, 0.05) is 55.5 Å². The molecule has 4 aliphatic carbocycles. The number of benzene rings is 3. The standard InChI is InChI=1S/C46H57N5O/c1-31-16-34(4)43(35(5)17-31)50-14-12-48(29-50)10-8-47(9-11-49-13-15-51(30-49)44-36(6)18-32(2)19-37(44)7)28-41-20-33(3)21-42(45(41)52)46-25-38-22-39(26-46)24-40(23-38)27-46/h12-21,38-40,52H,8-11,22-28H2,1-7H3. The molecule has 2 aromatic heterocycles. The molecule has 5 aromatic rings. The van der Waals surface area contributed by atoms with Gasteiger partial charge in [-0.05, 0) is 132 Å². The average Bonchev–Trinajstić information content (AvgIpc) is 3.72. The Kier molecular flexibility index (Phi) is 9.18. The van der Waals surface area contributed by atoms with Crippen molar-refractivity contribution in [2.45, 2.75) is 112 Å². The summed E-state index contributed by atoms with van der Waals surface area (Å²) in [5, 5.41) is 12.1. The van der Waals surface area contributed by atoms with Crippen LogP contribution in [0.4, 0.5) is 0 Å². The van der Waals surface area contributed by atoms with Crippen molar-refractivity contribution in [1.29, 1.82) is 0 Å². The first-order chi connectivity index (χ1) is 24.9. The van der Waals surface area contributed by atoms with Crippen LogP contribution in [0.2, 0.25) is 0 Å². The van der Waals surface area contributed by atoms with Gasteiger partial charge in [0.05, 0.1) is 24.5 Å². The summed E-state index contributed by atoms with van der Waals surface area (Å²) in [6.45, 7) is 19.3. The van der Waals surface area contributed by atoms with Crippen molar-refractivity contribution in [3.05, 3.63) is 124 Å². The minimum absolute atomic E-state index is 0.157. The third-order valence-electron chi connectivity index (χ3n) is 12.7. The lowest BCUT2D eigenvalue weighted by atomic mass is 9.48. The largest absolute Gasteiger partial charge is 0.507 e. The first-order valence-electron chi connectivity index (χ1n) is 19.6. The van der Waals surface area contributed by atoms with E-state index >= 15 is 0 Å². The molecular formula is C46H57N5O. The van der Waals surface area contributed by atoms with Crippen molar-refractivity contribution < 1.29 is 14.2 Å². The Morgan fingerprint density at radius 2 is 1.08 bits per heavy atom. The van der Waals surface area contributed by atoms with Gasteiger partial charge >= 0.3 is 0 Å². The van der Waals surface area contributed by atoms with Gasteiger partial charge in [0.25, 0.3) is 0 Å². The lowest BCUT2D eigenvalue weighted by Crippen LogP contribution is -2.48. The summed E-state index contributed by atoms with van der Waals surface area (Å²) in [6, 6.07) is 13.6. The topological polar surface area (TPSA) is 41.1 Å². The number of aromatic nitrogens is 4. The van der Waals surface area contributed by atoms with Crippen LogP contribution < -0.4 is 9.13 Å². The van der Waals surface area contributed by atoms with Crippen molar-refractivity contribution in [3.63, 3.8) is 0 Å². The zero-order chi connectivity index (χ0) is 36.3.